The molecule has 1 N–H and O–H groups in total. The average Bonchev–Trinajstić information content (AvgIpc) is 2.92. The van der Waals surface area contributed by atoms with Crippen molar-refractivity contribution in [1.82, 2.24) is 20.0 Å². The molecule has 0 aliphatic carbocycles. The van der Waals surface area contributed by atoms with Gasteiger partial charge >= 0.3 is 0 Å². The highest BCUT2D eigenvalue weighted by molar-refractivity contribution is 5.79. The fraction of sp³-hybridized carbons (Fsp3) is 0.875. The molecule has 3 atom stereocenters. The predicted molar refractivity (Wildman–Crippen MR) is 86.5 cm³/mol. The minimum atomic E-state index is 0.195. The van der Waals surface area contributed by atoms with Gasteiger partial charge in [0.15, 0.2) is 0 Å². The summed E-state index contributed by atoms with van der Waals surface area (Å²) in [5, 5.41) is 3.48. The summed E-state index contributed by atoms with van der Waals surface area (Å²) in [5.41, 5.74) is 0. The van der Waals surface area contributed by atoms with E-state index in [1.807, 2.05) is 11.9 Å². The number of hydrogen-bond acceptors (Lipinski definition) is 4. The van der Waals surface area contributed by atoms with E-state index in [4.69, 9.17) is 0 Å². The third kappa shape index (κ3) is 3.98. The highest BCUT2D eigenvalue weighted by atomic mass is 16.2. The maximum Gasteiger partial charge on any atom is 0.224 e. The molecule has 2 amide bonds. The molecule has 2 rings (SSSR count). The highest BCUT2D eigenvalue weighted by Crippen LogP contribution is 2.18. The van der Waals surface area contributed by atoms with Crippen molar-refractivity contribution in [2.45, 2.75) is 57.8 Å². The molecule has 3 unspecified atom stereocenters. The van der Waals surface area contributed by atoms with Gasteiger partial charge in [0, 0.05) is 63.7 Å². The Kier molecular flexibility index (Phi) is 5.45. The van der Waals surface area contributed by atoms with Gasteiger partial charge in [0.25, 0.3) is 0 Å². The van der Waals surface area contributed by atoms with E-state index in [0.29, 0.717) is 24.9 Å². The van der Waals surface area contributed by atoms with E-state index in [9.17, 15) is 9.59 Å². The zero-order valence-electron chi connectivity index (χ0n) is 14.5. The van der Waals surface area contributed by atoms with Crippen LogP contribution in [0.1, 0.15) is 33.6 Å². The Labute approximate surface area is 133 Å². The quantitative estimate of drug-likeness (QED) is 0.758. The molecule has 2 aliphatic rings. The van der Waals surface area contributed by atoms with E-state index in [1.54, 1.807) is 4.90 Å². The molecule has 0 radical (unpaired) electrons. The van der Waals surface area contributed by atoms with Gasteiger partial charge in [0.05, 0.1) is 0 Å². The van der Waals surface area contributed by atoms with Gasteiger partial charge in [-0.3, -0.25) is 14.5 Å². The molecule has 22 heavy (non-hydrogen) atoms. The van der Waals surface area contributed by atoms with E-state index in [2.05, 4.69) is 38.0 Å². The first-order chi connectivity index (χ1) is 10.3. The van der Waals surface area contributed by atoms with Crippen LogP contribution < -0.4 is 5.32 Å². The summed E-state index contributed by atoms with van der Waals surface area (Å²) in [4.78, 5) is 29.8. The second kappa shape index (κ2) is 6.96. The van der Waals surface area contributed by atoms with Gasteiger partial charge in [-0.2, -0.15) is 0 Å². The first-order valence-corrected chi connectivity index (χ1v) is 8.27. The van der Waals surface area contributed by atoms with Crippen LogP contribution in [0, 0.1) is 0 Å². The van der Waals surface area contributed by atoms with Crippen molar-refractivity contribution in [2.24, 2.45) is 0 Å². The second-order valence-electron chi connectivity index (χ2n) is 7.16. The molecule has 0 aromatic heterocycles. The van der Waals surface area contributed by atoms with E-state index in [1.165, 1.54) is 0 Å². The number of rotatable bonds is 6. The maximum atomic E-state index is 12.2. The number of amides is 2. The van der Waals surface area contributed by atoms with Crippen LogP contribution in [-0.2, 0) is 9.59 Å². The summed E-state index contributed by atoms with van der Waals surface area (Å²) < 4.78 is 0. The lowest BCUT2D eigenvalue weighted by Gasteiger charge is -2.29. The number of carbonyl (C=O) groups is 2. The van der Waals surface area contributed by atoms with Crippen LogP contribution in [-0.4, -0.2) is 84.4 Å². The normalized spacial score (nSPS) is 27.6. The summed E-state index contributed by atoms with van der Waals surface area (Å²) in [6, 6.07) is 1.18. The molecule has 0 aromatic rings. The third-order valence-electron chi connectivity index (χ3n) is 4.94. The number of likely N-dealkylation sites (tertiary alicyclic amines) is 2. The van der Waals surface area contributed by atoms with E-state index < -0.39 is 0 Å². The number of carbonyl (C=O) groups excluding carboxylic acids is 2. The van der Waals surface area contributed by atoms with Gasteiger partial charge in [-0.1, -0.05) is 0 Å². The van der Waals surface area contributed by atoms with Crippen molar-refractivity contribution in [3.63, 3.8) is 0 Å². The summed E-state index contributed by atoms with van der Waals surface area (Å²) in [5.74, 6) is 0.436. The molecular formula is C16H30N4O2. The molecule has 2 fully saturated rings. The number of nitrogens with zero attached hydrogens (tertiary/aromatic N) is 3. The van der Waals surface area contributed by atoms with Gasteiger partial charge in [0.1, 0.15) is 0 Å². The Balaban J connectivity index is 1.81. The van der Waals surface area contributed by atoms with Crippen LogP contribution in [0.15, 0.2) is 0 Å². The minimum absolute atomic E-state index is 0.195. The Morgan fingerprint density at radius 2 is 1.86 bits per heavy atom. The predicted octanol–water partition coefficient (Wildman–Crippen LogP) is 0.136. The Bertz CT molecular complexity index is 426. The van der Waals surface area contributed by atoms with Crippen LogP contribution in [0.3, 0.4) is 0 Å². The molecule has 2 heterocycles. The zero-order chi connectivity index (χ0) is 16.4. The topological polar surface area (TPSA) is 55.9 Å². The SMILES string of the molecule is CC(CN1CC(N(C)C(C)C)CC1=O)NC1CC(=O)N(C)C1. The molecule has 126 valence electrons. The molecule has 0 aromatic carbocycles. The van der Waals surface area contributed by atoms with Crippen molar-refractivity contribution in [3.8, 4) is 0 Å². The molecule has 2 aliphatic heterocycles. The fourth-order valence-electron chi connectivity index (χ4n) is 3.38. The van der Waals surface area contributed by atoms with E-state index in [-0.39, 0.29) is 23.9 Å². The van der Waals surface area contributed by atoms with Crippen LogP contribution in [0.4, 0.5) is 0 Å². The largest absolute Gasteiger partial charge is 0.344 e. The number of likely N-dealkylation sites (N-methyl/N-ethyl adjacent to an activating group) is 2. The Hall–Kier alpha value is -1.14. The maximum absolute atomic E-state index is 12.2. The standard InChI is InChI=1S/C16H30N4O2/c1-11(2)19(5)14-7-16(22)20(10-14)8-12(3)17-13-6-15(21)18(4)9-13/h11-14,17H,6-10H2,1-5H3. The van der Waals surface area contributed by atoms with Crippen molar-refractivity contribution >= 4 is 11.8 Å². The summed E-state index contributed by atoms with van der Waals surface area (Å²) in [7, 11) is 3.93. The van der Waals surface area contributed by atoms with E-state index >= 15 is 0 Å². The highest BCUT2D eigenvalue weighted by Gasteiger charge is 2.34. The van der Waals surface area contributed by atoms with Crippen molar-refractivity contribution in [1.29, 1.82) is 0 Å². The molecule has 2 saturated heterocycles. The van der Waals surface area contributed by atoms with Crippen molar-refractivity contribution < 1.29 is 9.59 Å². The van der Waals surface area contributed by atoms with Gasteiger partial charge in [-0.25, -0.2) is 0 Å². The lowest BCUT2D eigenvalue weighted by atomic mass is 10.2. The Morgan fingerprint density at radius 1 is 1.18 bits per heavy atom. The monoisotopic (exact) mass is 310 g/mol. The number of nitrogens with one attached hydrogen (secondary N) is 1. The lowest BCUT2D eigenvalue weighted by Crippen LogP contribution is -2.46. The van der Waals surface area contributed by atoms with Crippen molar-refractivity contribution in [3.05, 3.63) is 0 Å². The van der Waals surface area contributed by atoms with Crippen molar-refractivity contribution in [2.75, 3.05) is 33.7 Å². The van der Waals surface area contributed by atoms with Gasteiger partial charge in [-0.05, 0) is 27.8 Å². The molecule has 6 nitrogen and oxygen atoms in total. The average molecular weight is 310 g/mol. The molecule has 0 saturated carbocycles. The smallest absolute Gasteiger partial charge is 0.224 e. The van der Waals surface area contributed by atoms with Gasteiger partial charge in [-0.15, -0.1) is 0 Å². The summed E-state index contributed by atoms with van der Waals surface area (Å²) in [6.45, 7) is 8.69. The lowest BCUT2D eigenvalue weighted by molar-refractivity contribution is -0.128. The van der Waals surface area contributed by atoms with E-state index in [0.717, 1.165) is 19.6 Å². The second-order valence-corrected chi connectivity index (χ2v) is 7.16. The van der Waals surface area contributed by atoms with Crippen LogP contribution in [0.25, 0.3) is 0 Å². The summed E-state index contributed by atoms with van der Waals surface area (Å²) >= 11 is 0. The molecular weight excluding hydrogens is 280 g/mol. The van der Waals surface area contributed by atoms with Crippen LogP contribution in [0.5, 0.6) is 0 Å². The number of hydrogen-bond donors (Lipinski definition) is 1. The molecule has 6 heteroatoms. The van der Waals surface area contributed by atoms with Crippen LogP contribution in [0.2, 0.25) is 0 Å². The minimum Gasteiger partial charge on any atom is -0.344 e. The fourth-order valence-corrected chi connectivity index (χ4v) is 3.38. The Morgan fingerprint density at radius 3 is 2.41 bits per heavy atom. The van der Waals surface area contributed by atoms with Crippen LogP contribution >= 0.6 is 0 Å². The first kappa shape index (κ1) is 17.2. The summed E-state index contributed by atoms with van der Waals surface area (Å²) in [6.07, 6.45) is 1.18. The zero-order valence-corrected chi connectivity index (χ0v) is 14.5. The first-order valence-electron chi connectivity index (χ1n) is 8.27. The van der Waals surface area contributed by atoms with Gasteiger partial charge < -0.3 is 15.1 Å². The molecule has 0 spiro atoms. The van der Waals surface area contributed by atoms with Gasteiger partial charge in [0.2, 0.25) is 11.8 Å². The third-order valence-corrected chi connectivity index (χ3v) is 4.94. The molecule has 0 bridgehead atoms.